The highest BCUT2D eigenvalue weighted by molar-refractivity contribution is 6.47. The molecule has 0 radical (unpaired) electrons. The predicted molar refractivity (Wildman–Crippen MR) is 122 cm³/mol. The third kappa shape index (κ3) is 5.82. The average molecular weight is 443 g/mol. The summed E-state index contributed by atoms with van der Waals surface area (Å²) in [5.41, 5.74) is 0.705. The van der Waals surface area contributed by atoms with Crippen LogP contribution in [0.15, 0.2) is 18.2 Å². The van der Waals surface area contributed by atoms with Gasteiger partial charge in [-0.05, 0) is 88.0 Å². The number of hydrogen-bond donors (Lipinski definition) is 5. The Morgan fingerprint density at radius 2 is 1.97 bits per heavy atom. The number of carboxylic acids is 1. The molecule has 32 heavy (non-hydrogen) atoms. The van der Waals surface area contributed by atoms with Gasteiger partial charge in [-0.3, -0.25) is 4.79 Å². The molecule has 2 heterocycles. The van der Waals surface area contributed by atoms with Crippen molar-refractivity contribution in [3.05, 3.63) is 29.3 Å². The minimum atomic E-state index is -1.26. The molecule has 1 aromatic carbocycles. The molecule has 5 N–H and O–H groups in total. The molecule has 0 aromatic heterocycles. The van der Waals surface area contributed by atoms with Crippen LogP contribution in [0.4, 0.5) is 0 Å². The largest absolute Gasteiger partial charge is 0.547 e. The number of rotatable bonds is 7. The van der Waals surface area contributed by atoms with Crippen LogP contribution in [-0.2, 0) is 11.2 Å². The van der Waals surface area contributed by atoms with E-state index in [9.17, 15) is 19.7 Å². The van der Waals surface area contributed by atoms with E-state index in [0.717, 1.165) is 51.2 Å². The van der Waals surface area contributed by atoms with Gasteiger partial charge in [0, 0.05) is 12.5 Å². The van der Waals surface area contributed by atoms with Crippen LogP contribution in [0.2, 0.25) is 0 Å². The maximum Gasteiger partial charge on any atom is 0.547 e. The Morgan fingerprint density at radius 3 is 2.69 bits per heavy atom. The van der Waals surface area contributed by atoms with Crippen molar-refractivity contribution in [2.75, 3.05) is 19.6 Å². The van der Waals surface area contributed by atoms with Gasteiger partial charge in [0.15, 0.2) is 0 Å². The second-order valence-corrected chi connectivity index (χ2v) is 9.53. The molecular weight excluding hydrogens is 409 g/mol. The average Bonchev–Trinajstić information content (AvgIpc) is 2.79. The number of aromatic carboxylic acids is 1. The summed E-state index contributed by atoms with van der Waals surface area (Å²) >= 11 is 0. The molecule has 9 heteroatoms. The molecule has 0 spiro atoms. The molecule has 2 fully saturated rings. The highest BCUT2D eigenvalue weighted by Gasteiger charge is 2.38. The third-order valence-electron chi connectivity index (χ3n) is 7.11. The Hall–Kier alpha value is -2.10. The Bertz CT molecular complexity index is 809. The van der Waals surface area contributed by atoms with Crippen molar-refractivity contribution >= 4 is 19.0 Å². The SMILES string of the molecule is O=C(CC1CCC(NCC2CCCNC2)CC1)N[C@H]1Cc2cccc(C(=O)O)c2OB1O. The van der Waals surface area contributed by atoms with E-state index >= 15 is 0 Å². The number of piperidine rings is 1. The molecule has 0 bridgehead atoms. The van der Waals surface area contributed by atoms with Crippen molar-refractivity contribution in [2.45, 2.75) is 63.3 Å². The van der Waals surface area contributed by atoms with E-state index in [-0.39, 0.29) is 17.2 Å². The van der Waals surface area contributed by atoms with Gasteiger partial charge in [0.1, 0.15) is 5.75 Å². The van der Waals surface area contributed by atoms with Crippen LogP contribution >= 0.6 is 0 Å². The zero-order valence-electron chi connectivity index (χ0n) is 18.5. The second-order valence-electron chi connectivity index (χ2n) is 9.53. The Morgan fingerprint density at radius 1 is 1.16 bits per heavy atom. The first kappa shape index (κ1) is 23.1. The number of carbonyl (C=O) groups is 2. The number of carboxylic acid groups (broad SMARTS) is 1. The van der Waals surface area contributed by atoms with Crippen molar-refractivity contribution in [1.82, 2.24) is 16.0 Å². The highest BCUT2D eigenvalue weighted by atomic mass is 16.5. The van der Waals surface area contributed by atoms with Crippen LogP contribution < -0.4 is 20.6 Å². The molecule has 1 aromatic rings. The molecule has 1 saturated heterocycles. The lowest BCUT2D eigenvalue weighted by Gasteiger charge is -2.32. The standard InChI is InChI=1S/C23H34BN3O5/c28-21(11-15-6-8-18(9-7-15)26-14-16-3-2-10-25-13-16)27-20-12-17-4-1-5-19(23(29)30)22(17)32-24(20)31/h1,4-5,15-16,18,20,25-26,31H,2-3,6-14H2,(H,27,28)(H,29,30)/t15?,16?,18?,20-/m0/s1. The summed E-state index contributed by atoms with van der Waals surface area (Å²) in [6.07, 6.45) is 7.61. The maximum atomic E-state index is 12.6. The first-order valence-corrected chi connectivity index (χ1v) is 11.9. The molecular formula is C23H34BN3O5. The number of nitrogens with one attached hydrogen (secondary N) is 3. The van der Waals surface area contributed by atoms with E-state index in [4.69, 9.17) is 4.65 Å². The van der Waals surface area contributed by atoms with Gasteiger partial charge < -0.3 is 30.7 Å². The zero-order valence-corrected chi connectivity index (χ0v) is 18.5. The van der Waals surface area contributed by atoms with Crippen molar-refractivity contribution in [1.29, 1.82) is 0 Å². The fourth-order valence-electron chi connectivity index (χ4n) is 5.25. The van der Waals surface area contributed by atoms with Crippen molar-refractivity contribution < 1.29 is 24.4 Å². The Kier molecular flexibility index (Phi) is 7.70. The topological polar surface area (TPSA) is 120 Å². The van der Waals surface area contributed by atoms with E-state index in [1.807, 2.05) is 0 Å². The molecule has 1 saturated carbocycles. The van der Waals surface area contributed by atoms with E-state index in [1.54, 1.807) is 12.1 Å². The van der Waals surface area contributed by atoms with E-state index < -0.39 is 19.0 Å². The lowest BCUT2D eigenvalue weighted by Crippen LogP contribution is -2.53. The highest BCUT2D eigenvalue weighted by Crippen LogP contribution is 2.31. The van der Waals surface area contributed by atoms with Gasteiger partial charge in [-0.15, -0.1) is 0 Å². The van der Waals surface area contributed by atoms with E-state index in [0.29, 0.717) is 30.4 Å². The van der Waals surface area contributed by atoms with Crippen LogP contribution in [0.1, 0.15) is 60.9 Å². The lowest BCUT2D eigenvalue weighted by molar-refractivity contribution is -0.122. The van der Waals surface area contributed by atoms with Crippen LogP contribution in [0.3, 0.4) is 0 Å². The minimum Gasteiger partial charge on any atom is -0.534 e. The van der Waals surface area contributed by atoms with Crippen LogP contribution in [0.25, 0.3) is 0 Å². The van der Waals surface area contributed by atoms with Crippen molar-refractivity contribution in [3.63, 3.8) is 0 Å². The van der Waals surface area contributed by atoms with Gasteiger partial charge >= 0.3 is 13.1 Å². The minimum absolute atomic E-state index is 0.0245. The molecule has 2 aliphatic heterocycles. The number of carbonyl (C=O) groups excluding carboxylic acids is 1. The molecule has 3 aliphatic rings. The van der Waals surface area contributed by atoms with E-state index in [2.05, 4.69) is 16.0 Å². The van der Waals surface area contributed by atoms with Crippen LogP contribution in [0, 0.1) is 11.8 Å². The normalized spacial score (nSPS) is 27.8. The summed E-state index contributed by atoms with van der Waals surface area (Å²) in [5, 5.41) is 29.7. The summed E-state index contributed by atoms with van der Waals surface area (Å²) in [4.78, 5) is 24.0. The molecule has 174 valence electrons. The van der Waals surface area contributed by atoms with Gasteiger partial charge in [0.2, 0.25) is 5.91 Å². The fourth-order valence-corrected chi connectivity index (χ4v) is 5.25. The summed E-state index contributed by atoms with van der Waals surface area (Å²) in [7, 11) is -1.26. The summed E-state index contributed by atoms with van der Waals surface area (Å²) < 4.78 is 5.47. The van der Waals surface area contributed by atoms with Gasteiger partial charge in [0.05, 0.1) is 11.5 Å². The van der Waals surface area contributed by atoms with Gasteiger partial charge in [-0.25, -0.2) is 4.79 Å². The molecule has 1 unspecified atom stereocenters. The second kappa shape index (κ2) is 10.7. The lowest BCUT2D eigenvalue weighted by atomic mass is 9.72. The monoisotopic (exact) mass is 443 g/mol. The number of benzene rings is 1. The first-order valence-electron chi connectivity index (χ1n) is 11.9. The number of para-hydroxylation sites is 1. The zero-order chi connectivity index (χ0) is 22.5. The van der Waals surface area contributed by atoms with Crippen LogP contribution in [0.5, 0.6) is 5.75 Å². The smallest absolute Gasteiger partial charge is 0.534 e. The van der Waals surface area contributed by atoms with Crippen LogP contribution in [-0.4, -0.2) is 60.7 Å². The van der Waals surface area contributed by atoms with Crippen molar-refractivity contribution in [2.24, 2.45) is 11.8 Å². The maximum absolute atomic E-state index is 12.6. The quantitative estimate of drug-likeness (QED) is 0.404. The number of hydrogen-bond acceptors (Lipinski definition) is 6. The van der Waals surface area contributed by atoms with Gasteiger partial charge in [0.25, 0.3) is 0 Å². The number of amides is 1. The Balaban J connectivity index is 1.21. The molecule has 2 atom stereocenters. The first-order chi connectivity index (χ1) is 15.5. The third-order valence-corrected chi connectivity index (χ3v) is 7.11. The molecule has 4 rings (SSSR count). The van der Waals surface area contributed by atoms with Gasteiger partial charge in [-0.1, -0.05) is 12.1 Å². The predicted octanol–water partition coefficient (Wildman–Crippen LogP) is 1.36. The van der Waals surface area contributed by atoms with Gasteiger partial charge in [-0.2, -0.15) is 0 Å². The fraction of sp³-hybridized carbons (Fsp3) is 0.652. The molecule has 1 amide bonds. The number of fused-ring (bicyclic) bond motifs is 1. The summed E-state index contributed by atoms with van der Waals surface area (Å²) in [5.74, 6) is -0.490. The van der Waals surface area contributed by atoms with E-state index in [1.165, 1.54) is 18.9 Å². The molecule has 1 aliphatic carbocycles. The Labute approximate surface area is 189 Å². The summed E-state index contributed by atoms with van der Waals surface area (Å²) in [6.45, 7) is 3.33. The molecule has 8 nitrogen and oxygen atoms in total. The summed E-state index contributed by atoms with van der Waals surface area (Å²) in [6, 6.07) is 5.42. The van der Waals surface area contributed by atoms with Crippen molar-refractivity contribution in [3.8, 4) is 5.75 Å².